The van der Waals surface area contributed by atoms with Gasteiger partial charge in [0.1, 0.15) is 5.82 Å². The second-order valence-corrected chi connectivity index (χ2v) is 6.15. The molecule has 3 rings (SSSR count). The third-order valence-corrected chi connectivity index (χ3v) is 4.94. The van der Waals surface area contributed by atoms with Crippen molar-refractivity contribution in [3.8, 4) is 0 Å². The van der Waals surface area contributed by atoms with Crippen molar-refractivity contribution in [3.05, 3.63) is 44.9 Å². The normalized spacial score (nSPS) is 18.5. The van der Waals surface area contributed by atoms with Crippen LogP contribution in [-0.2, 0) is 6.42 Å². The Morgan fingerprint density at radius 1 is 1.47 bits per heavy atom. The van der Waals surface area contributed by atoms with Crippen LogP contribution in [-0.4, -0.2) is 6.54 Å². The van der Waals surface area contributed by atoms with Crippen LogP contribution in [0.15, 0.2) is 23.6 Å². The second-order valence-electron chi connectivity index (χ2n) is 4.74. The Hall–Kier alpha value is -1.26. The Balaban J connectivity index is 2.02. The van der Waals surface area contributed by atoms with Gasteiger partial charge < -0.3 is 10.6 Å². The molecule has 2 N–H and O–H groups in total. The molecular weight excluding hydrogens is 283 g/mol. The molecule has 2 aromatic rings. The quantitative estimate of drug-likeness (QED) is 0.797. The lowest BCUT2D eigenvalue weighted by Crippen LogP contribution is -2.33. The van der Waals surface area contributed by atoms with E-state index in [1.54, 1.807) is 11.3 Å². The number of anilines is 2. The van der Waals surface area contributed by atoms with Crippen molar-refractivity contribution < 1.29 is 4.39 Å². The number of nitrogens with two attached hydrogens (primary N) is 1. The summed E-state index contributed by atoms with van der Waals surface area (Å²) in [6, 6.07) is 5.27. The van der Waals surface area contributed by atoms with Crippen LogP contribution in [0.2, 0.25) is 5.02 Å². The molecule has 0 spiro atoms. The largest absolute Gasteiger partial charge is 0.397 e. The predicted octanol–water partition coefficient (Wildman–Crippen LogP) is 4.25. The highest BCUT2D eigenvalue weighted by atomic mass is 35.5. The maximum absolute atomic E-state index is 13.7. The van der Waals surface area contributed by atoms with Crippen molar-refractivity contribution in [2.75, 3.05) is 17.2 Å². The average molecular weight is 297 g/mol. The summed E-state index contributed by atoms with van der Waals surface area (Å²) in [5, 5.41) is 2.18. The zero-order valence-corrected chi connectivity index (χ0v) is 12.1. The van der Waals surface area contributed by atoms with Gasteiger partial charge >= 0.3 is 0 Å². The van der Waals surface area contributed by atoms with E-state index in [0.29, 0.717) is 5.69 Å². The van der Waals surface area contributed by atoms with Crippen LogP contribution in [0.1, 0.15) is 23.4 Å². The van der Waals surface area contributed by atoms with E-state index < -0.39 is 5.82 Å². The molecule has 1 aromatic carbocycles. The van der Waals surface area contributed by atoms with E-state index >= 15 is 0 Å². The van der Waals surface area contributed by atoms with Crippen LogP contribution in [0.3, 0.4) is 0 Å². The van der Waals surface area contributed by atoms with Crippen LogP contribution >= 0.6 is 22.9 Å². The summed E-state index contributed by atoms with van der Waals surface area (Å²) in [6.07, 6.45) is 0.973. The molecule has 100 valence electrons. The zero-order valence-electron chi connectivity index (χ0n) is 10.5. The monoisotopic (exact) mass is 296 g/mol. The third kappa shape index (κ3) is 2.09. The fraction of sp³-hybridized carbons (Fsp3) is 0.286. The first-order valence-electron chi connectivity index (χ1n) is 6.15. The smallest absolute Gasteiger partial charge is 0.144 e. The number of hydrogen-bond acceptors (Lipinski definition) is 3. The summed E-state index contributed by atoms with van der Waals surface area (Å²) in [6.45, 7) is 2.97. The maximum Gasteiger partial charge on any atom is 0.144 e. The maximum atomic E-state index is 13.7. The van der Waals surface area contributed by atoms with Crippen molar-refractivity contribution in [1.82, 2.24) is 0 Å². The van der Waals surface area contributed by atoms with E-state index in [-0.39, 0.29) is 11.1 Å². The van der Waals surface area contributed by atoms with E-state index in [0.717, 1.165) is 18.7 Å². The molecule has 19 heavy (non-hydrogen) atoms. The van der Waals surface area contributed by atoms with Gasteiger partial charge in [0.05, 0.1) is 22.4 Å². The van der Waals surface area contributed by atoms with Gasteiger partial charge in [-0.1, -0.05) is 11.6 Å². The van der Waals surface area contributed by atoms with E-state index in [4.69, 9.17) is 17.3 Å². The molecule has 0 saturated carbocycles. The summed E-state index contributed by atoms with van der Waals surface area (Å²) in [5.74, 6) is -0.422. The first-order chi connectivity index (χ1) is 9.08. The number of fused-ring (bicyclic) bond motifs is 1. The molecule has 1 atom stereocenters. The van der Waals surface area contributed by atoms with Crippen molar-refractivity contribution in [2.45, 2.75) is 19.4 Å². The lowest BCUT2D eigenvalue weighted by molar-refractivity contribution is 0.613. The number of benzene rings is 1. The molecule has 1 aromatic heterocycles. The topological polar surface area (TPSA) is 29.3 Å². The molecule has 0 amide bonds. The number of thiophene rings is 1. The Bertz CT molecular complexity index is 626. The third-order valence-electron chi connectivity index (χ3n) is 3.66. The molecule has 0 radical (unpaired) electrons. The summed E-state index contributed by atoms with van der Waals surface area (Å²) in [7, 11) is 0. The Kier molecular flexibility index (Phi) is 3.15. The van der Waals surface area contributed by atoms with Crippen LogP contribution in [0.25, 0.3) is 0 Å². The van der Waals surface area contributed by atoms with E-state index in [2.05, 4.69) is 23.3 Å². The van der Waals surface area contributed by atoms with Crippen LogP contribution < -0.4 is 10.6 Å². The Morgan fingerprint density at radius 2 is 2.26 bits per heavy atom. The lowest BCUT2D eigenvalue weighted by Gasteiger charge is -2.36. The average Bonchev–Trinajstić information content (AvgIpc) is 2.84. The highest BCUT2D eigenvalue weighted by molar-refractivity contribution is 7.10. The van der Waals surface area contributed by atoms with E-state index in [1.807, 2.05) is 0 Å². The highest BCUT2D eigenvalue weighted by Crippen LogP contribution is 2.39. The van der Waals surface area contributed by atoms with Gasteiger partial charge in [-0.05, 0) is 36.4 Å². The number of halogens is 2. The molecule has 1 unspecified atom stereocenters. The Morgan fingerprint density at radius 3 is 3.05 bits per heavy atom. The van der Waals surface area contributed by atoms with Gasteiger partial charge in [-0.2, -0.15) is 0 Å². The predicted molar refractivity (Wildman–Crippen MR) is 79.6 cm³/mol. The number of nitrogens with zero attached hydrogens (tertiary/aromatic N) is 1. The number of nitrogen functional groups attached to an aromatic ring is 1. The summed E-state index contributed by atoms with van der Waals surface area (Å²) in [5.41, 5.74) is 8.55. The van der Waals surface area contributed by atoms with Gasteiger partial charge in [0.2, 0.25) is 0 Å². The van der Waals surface area contributed by atoms with E-state index in [1.165, 1.54) is 22.6 Å². The van der Waals surface area contributed by atoms with Crippen molar-refractivity contribution >= 4 is 34.3 Å². The molecule has 1 aliphatic rings. The first-order valence-corrected chi connectivity index (χ1v) is 7.41. The summed E-state index contributed by atoms with van der Waals surface area (Å²) < 4.78 is 13.7. The molecule has 1 aliphatic heterocycles. The van der Waals surface area contributed by atoms with Gasteiger partial charge in [-0.25, -0.2) is 4.39 Å². The molecule has 0 aliphatic carbocycles. The minimum absolute atomic E-state index is 0.0714. The minimum Gasteiger partial charge on any atom is -0.397 e. The van der Waals surface area contributed by atoms with Crippen LogP contribution in [0.4, 0.5) is 15.8 Å². The van der Waals surface area contributed by atoms with Crippen molar-refractivity contribution in [3.63, 3.8) is 0 Å². The summed E-state index contributed by atoms with van der Waals surface area (Å²) in [4.78, 5) is 3.56. The SMILES string of the molecule is CC1c2ccsc2CCN1c1cc(F)c(Cl)cc1N. The van der Waals surface area contributed by atoms with Gasteiger partial charge in [-0.15, -0.1) is 11.3 Å². The van der Waals surface area contributed by atoms with Crippen LogP contribution in [0.5, 0.6) is 0 Å². The second kappa shape index (κ2) is 4.69. The molecular formula is C14H14ClFN2S. The zero-order chi connectivity index (χ0) is 13.6. The van der Waals surface area contributed by atoms with Crippen molar-refractivity contribution in [2.24, 2.45) is 0 Å². The van der Waals surface area contributed by atoms with E-state index in [9.17, 15) is 4.39 Å². The van der Waals surface area contributed by atoms with Crippen LogP contribution in [0, 0.1) is 5.82 Å². The fourth-order valence-electron chi connectivity index (χ4n) is 2.64. The molecule has 2 nitrogen and oxygen atoms in total. The number of rotatable bonds is 1. The van der Waals surface area contributed by atoms with Gasteiger partial charge in [0, 0.05) is 17.5 Å². The molecule has 2 heterocycles. The fourth-order valence-corrected chi connectivity index (χ4v) is 3.77. The highest BCUT2D eigenvalue weighted by Gasteiger charge is 2.26. The minimum atomic E-state index is -0.422. The standard InChI is InChI=1S/C14H14ClFN2S/c1-8-9-3-5-19-14(9)2-4-18(8)13-7-11(16)10(15)6-12(13)17/h3,5-8H,2,4,17H2,1H3. The number of hydrogen-bond donors (Lipinski definition) is 1. The molecule has 0 saturated heterocycles. The molecule has 0 bridgehead atoms. The lowest BCUT2D eigenvalue weighted by atomic mass is 10.0. The van der Waals surface area contributed by atoms with Gasteiger partial charge in [0.25, 0.3) is 0 Å². The first kappa shape index (κ1) is 12.8. The Labute approximate surface area is 120 Å². The molecule has 0 fully saturated rings. The molecule has 5 heteroatoms. The summed E-state index contributed by atoms with van der Waals surface area (Å²) >= 11 is 7.54. The van der Waals surface area contributed by atoms with Gasteiger partial charge in [0.15, 0.2) is 0 Å². The van der Waals surface area contributed by atoms with Gasteiger partial charge in [-0.3, -0.25) is 0 Å². The van der Waals surface area contributed by atoms with Crippen molar-refractivity contribution in [1.29, 1.82) is 0 Å².